The lowest BCUT2D eigenvalue weighted by molar-refractivity contribution is 0.593. The number of aryl methyl sites for hydroxylation is 1. The molecule has 0 spiro atoms. The average molecular weight is 163 g/mol. The average Bonchev–Trinajstić information content (AvgIpc) is 1.84. The van der Waals surface area contributed by atoms with Crippen molar-refractivity contribution in [3.8, 4) is 0 Å². The lowest BCUT2D eigenvalue weighted by Gasteiger charge is -1.96. The molecule has 0 aliphatic carbocycles. The van der Waals surface area contributed by atoms with Crippen molar-refractivity contribution in [3.63, 3.8) is 0 Å². The van der Waals surface area contributed by atoms with Gasteiger partial charge in [-0.2, -0.15) is 0 Å². The molecular formula is C7H5ClF2. The van der Waals surface area contributed by atoms with Crippen molar-refractivity contribution in [3.05, 3.63) is 34.4 Å². The fourth-order valence-electron chi connectivity index (χ4n) is 0.622. The number of hydrogen-bond acceptors (Lipinski definition) is 0. The Balaban J connectivity index is 3.28. The van der Waals surface area contributed by atoms with E-state index >= 15 is 0 Å². The van der Waals surface area contributed by atoms with Gasteiger partial charge in [-0.15, -0.1) is 0 Å². The van der Waals surface area contributed by atoms with Crippen LogP contribution >= 0.6 is 11.6 Å². The van der Waals surface area contributed by atoms with E-state index in [0.29, 0.717) is 0 Å². The summed E-state index contributed by atoms with van der Waals surface area (Å²) in [7, 11) is 0. The normalized spacial score (nSPS) is 10.0. The molecule has 0 saturated heterocycles. The molecule has 0 N–H and O–H groups in total. The van der Waals surface area contributed by atoms with Gasteiger partial charge in [-0.25, -0.2) is 8.78 Å². The molecule has 1 aromatic rings. The fraction of sp³-hybridized carbons (Fsp3) is 0.143. The van der Waals surface area contributed by atoms with Gasteiger partial charge in [0.05, 0.1) is 5.02 Å². The van der Waals surface area contributed by atoms with Gasteiger partial charge in [0.2, 0.25) is 0 Å². The van der Waals surface area contributed by atoms with Gasteiger partial charge in [-0.3, -0.25) is 0 Å². The van der Waals surface area contributed by atoms with Crippen LogP contribution in [0.4, 0.5) is 8.78 Å². The molecule has 0 saturated carbocycles. The lowest BCUT2D eigenvalue weighted by Crippen LogP contribution is -1.84. The Kier molecular flexibility index (Phi) is 1.90. The first-order valence-electron chi connectivity index (χ1n) is 2.72. The third-order valence-electron chi connectivity index (χ3n) is 1.20. The summed E-state index contributed by atoms with van der Waals surface area (Å²) in [4.78, 5) is 0. The molecule has 0 atom stereocenters. The highest BCUT2D eigenvalue weighted by Gasteiger charge is 2.03. The molecule has 1 rings (SSSR count). The molecule has 0 fully saturated rings. The van der Waals surface area contributed by atoms with Crippen molar-refractivity contribution < 1.29 is 8.78 Å². The molecule has 0 nitrogen and oxygen atoms in total. The molecule has 0 bridgehead atoms. The van der Waals surface area contributed by atoms with E-state index in [0.717, 1.165) is 12.1 Å². The van der Waals surface area contributed by atoms with Gasteiger partial charge in [0.25, 0.3) is 0 Å². The largest absolute Gasteiger partial charge is 0.207 e. The minimum atomic E-state index is -0.583. The van der Waals surface area contributed by atoms with Crippen LogP contribution in [0.15, 0.2) is 12.1 Å². The smallest absolute Gasteiger partial charge is 0.142 e. The fourth-order valence-corrected chi connectivity index (χ4v) is 0.772. The summed E-state index contributed by atoms with van der Waals surface area (Å²) >= 11 is 5.27. The second kappa shape index (κ2) is 2.54. The Labute approximate surface area is 62.4 Å². The summed E-state index contributed by atoms with van der Waals surface area (Å²) in [6.07, 6.45) is 0. The van der Waals surface area contributed by atoms with Crippen LogP contribution < -0.4 is 0 Å². The minimum Gasteiger partial charge on any atom is -0.207 e. The van der Waals surface area contributed by atoms with E-state index in [9.17, 15) is 8.78 Å². The Morgan fingerprint density at radius 1 is 1.20 bits per heavy atom. The molecule has 0 aliphatic heterocycles. The molecule has 0 unspecified atom stereocenters. The van der Waals surface area contributed by atoms with Gasteiger partial charge in [0.1, 0.15) is 11.6 Å². The summed E-state index contributed by atoms with van der Waals surface area (Å²) < 4.78 is 25.0. The Hall–Kier alpha value is -0.630. The third-order valence-corrected chi connectivity index (χ3v) is 1.49. The molecule has 3 heteroatoms. The van der Waals surface area contributed by atoms with Crippen LogP contribution in [-0.4, -0.2) is 0 Å². The van der Waals surface area contributed by atoms with Crippen LogP contribution in [0.25, 0.3) is 0 Å². The molecule has 10 heavy (non-hydrogen) atoms. The summed E-state index contributed by atoms with van der Waals surface area (Å²) in [6.45, 7) is 1.48. The van der Waals surface area contributed by atoms with Gasteiger partial charge >= 0.3 is 0 Å². The Bertz CT molecular complexity index is 208. The van der Waals surface area contributed by atoms with Gasteiger partial charge in [0.15, 0.2) is 0 Å². The van der Waals surface area contributed by atoms with E-state index in [4.69, 9.17) is 11.6 Å². The summed E-state index contributed by atoms with van der Waals surface area (Å²) in [5.41, 5.74) is 0.266. The summed E-state index contributed by atoms with van der Waals surface area (Å²) in [5, 5.41) is -0.178. The van der Waals surface area contributed by atoms with Crippen LogP contribution in [0.1, 0.15) is 5.56 Å². The second-order valence-corrected chi connectivity index (χ2v) is 2.42. The maximum Gasteiger partial charge on any atom is 0.142 e. The van der Waals surface area contributed by atoms with Crippen molar-refractivity contribution in [2.24, 2.45) is 0 Å². The standard InChI is InChI=1S/C7H5ClF2/c1-4-2-7(10)5(8)3-6(4)9/h2-3H,1H3. The number of benzene rings is 1. The first-order chi connectivity index (χ1) is 4.61. The first kappa shape index (κ1) is 7.48. The zero-order valence-electron chi connectivity index (χ0n) is 5.29. The summed E-state index contributed by atoms with van der Waals surface area (Å²) in [6, 6.07) is 2.03. The van der Waals surface area contributed by atoms with Gasteiger partial charge in [0, 0.05) is 0 Å². The number of rotatable bonds is 0. The molecular weight excluding hydrogens is 158 g/mol. The maximum atomic E-state index is 12.5. The highest BCUT2D eigenvalue weighted by Crippen LogP contribution is 2.17. The van der Waals surface area contributed by atoms with Gasteiger partial charge in [-0.05, 0) is 24.6 Å². The Morgan fingerprint density at radius 3 is 2.30 bits per heavy atom. The van der Waals surface area contributed by atoms with E-state index in [-0.39, 0.29) is 10.6 Å². The van der Waals surface area contributed by atoms with E-state index in [2.05, 4.69) is 0 Å². The van der Waals surface area contributed by atoms with Crippen molar-refractivity contribution in [2.45, 2.75) is 6.92 Å². The van der Waals surface area contributed by atoms with Crippen LogP contribution in [0, 0.1) is 18.6 Å². The van der Waals surface area contributed by atoms with Crippen molar-refractivity contribution >= 4 is 11.6 Å². The molecule has 54 valence electrons. The van der Waals surface area contributed by atoms with E-state index in [1.807, 2.05) is 0 Å². The van der Waals surface area contributed by atoms with E-state index in [1.165, 1.54) is 6.92 Å². The first-order valence-corrected chi connectivity index (χ1v) is 3.10. The SMILES string of the molecule is Cc1cc(F)c(Cl)cc1F. The van der Waals surface area contributed by atoms with Crippen LogP contribution in [-0.2, 0) is 0 Å². The molecule has 0 aliphatic rings. The summed E-state index contributed by atoms with van der Waals surface area (Å²) in [5.74, 6) is -1.06. The molecule has 0 aromatic heterocycles. The third kappa shape index (κ3) is 1.27. The molecule has 0 heterocycles. The minimum absolute atomic E-state index is 0.178. The van der Waals surface area contributed by atoms with E-state index in [1.54, 1.807) is 0 Å². The maximum absolute atomic E-state index is 12.5. The van der Waals surface area contributed by atoms with Crippen LogP contribution in [0.5, 0.6) is 0 Å². The Morgan fingerprint density at radius 2 is 1.80 bits per heavy atom. The van der Waals surface area contributed by atoms with Crippen molar-refractivity contribution in [1.29, 1.82) is 0 Å². The van der Waals surface area contributed by atoms with Crippen LogP contribution in [0.3, 0.4) is 0 Å². The predicted molar refractivity (Wildman–Crippen MR) is 36.1 cm³/mol. The topological polar surface area (TPSA) is 0 Å². The molecule has 1 aromatic carbocycles. The zero-order chi connectivity index (χ0) is 7.72. The molecule has 0 amide bonds. The quantitative estimate of drug-likeness (QED) is 0.515. The second-order valence-electron chi connectivity index (χ2n) is 2.02. The number of hydrogen-bond donors (Lipinski definition) is 0. The highest BCUT2D eigenvalue weighted by molar-refractivity contribution is 6.30. The highest BCUT2D eigenvalue weighted by atomic mass is 35.5. The van der Waals surface area contributed by atoms with Gasteiger partial charge < -0.3 is 0 Å². The van der Waals surface area contributed by atoms with Crippen molar-refractivity contribution in [2.75, 3.05) is 0 Å². The van der Waals surface area contributed by atoms with Crippen molar-refractivity contribution in [1.82, 2.24) is 0 Å². The lowest BCUT2D eigenvalue weighted by atomic mass is 10.2. The predicted octanol–water partition coefficient (Wildman–Crippen LogP) is 2.93. The number of halogens is 3. The monoisotopic (exact) mass is 162 g/mol. The van der Waals surface area contributed by atoms with Crippen LogP contribution in [0.2, 0.25) is 5.02 Å². The van der Waals surface area contributed by atoms with E-state index < -0.39 is 11.6 Å². The van der Waals surface area contributed by atoms with Gasteiger partial charge in [-0.1, -0.05) is 11.6 Å². The zero-order valence-corrected chi connectivity index (χ0v) is 6.04. The molecule has 0 radical (unpaired) electrons.